The van der Waals surface area contributed by atoms with Gasteiger partial charge in [-0.3, -0.25) is 0 Å². The topological polar surface area (TPSA) is 58.6 Å². The van der Waals surface area contributed by atoms with Crippen LogP contribution in [-0.4, -0.2) is 15.7 Å². The summed E-state index contributed by atoms with van der Waals surface area (Å²) in [5.41, 5.74) is 19.3. The van der Waals surface area contributed by atoms with E-state index in [2.05, 4.69) is 120 Å². The first-order valence-electron chi connectivity index (χ1n) is 22.6. The van der Waals surface area contributed by atoms with Crippen LogP contribution in [0.4, 0.5) is 0 Å². The molecule has 56 heavy (non-hydrogen) atoms. The van der Waals surface area contributed by atoms with Crippen molar-refractivity contribution in [2.24, 2.45) is 5.11 Å². The molecule has 0 atom stereocenters. The molecule has 0 bridgehead atoms. The van der Waals surface area contributed by atoms with E-state index in [4.69, 9.17) is 5.53 Å². The lowest BCUT2D eigenvalue weighted by molar-refractivity contribution is 0.410. The highest BCUT2D eigenvalue weighted by Crippen LogP contribution is 2.40. The van der Waals surface area contributed by atoms with Crippen LogP contribution in [0.15, 0.2) is 77.9 Å². The Morgan fingerprint density at radius 3 is 1.50 bits per heavy atom. The van der Waals surface area contributed by atoms with Crippen molar-refractivity contribution in [2.75, 3.05) is 6.54 Å². The average Bonchev–Trinajstić information content (AvgIpc) is 3.69. The summed E-state index contributed by atoms with van der Waals surface area (Å²) in [6.07, 6.45) is 25.6. The highest BCUT2D eigenvalue weighted by Gasteiger charge is 2.20. The van der Waals surface area contributed by atoms with E-state index in [-0.39, 0.29) is 0 Å². The Bertz CT molecular complexity index is 2180. The predicted molar refractivity (Wildman–Crippen MR) is 244 cm³/mol. The van der Waals surface area contributed by atoms with Crippen molar-refractivity contribution in [3.63, 3.8) is 0 Å². The summed E-state index contributed by atoms with van der Waals surface area (Å²) < 4.78 is 5.38. The minimum atomic E-state index is 0.517. The fourth-order valence-corrected chi connectivity index (χ4v) is 9.28. The molecule has 5 heteroatoms. The van der Waals surface area contributed by atoms with Gasteiger partial charge >= 0.3 is 0 Å². The van der Waals surface area contributed by atoms with E-state index in [9.17, 15) is 0 Å². The summed E-state index contributed by atoms with van der Waals surface area (Å²) in [7, 11) is 0. The molecule has 0 spiro atoms. The molecule has 0 radical (unpaired) electrons. The van der Waals surface area contributed by atoms with Gasteiger partial charge in [0.25, 0.3) is 0 Å². The number of nitrogens with zero attached hydrogens (tertiary/aromatic N) is 5. The smallest absolute Gasteiger partial charge is 0.0500 e. The fourth-order valence-electron chi connectivity index (χ4n) is 9.28. The molecule has 0 saturated heterocycles. The molecule has 6 aromatic rings. The molecule has 0 aliphatic rings. The van der Waals surface area contributed by atoms with Gasteiger partial charge in [0.15, 0.2) is 0 Å². The normalized spacial score (nSPS) is 11.9. The Hall–Kier alpha value is -4.21. The van der Waals surface area contributed by atoms with E-state index in [1.165, 1.54) is 175 Å². The van der Waals surface area contributed by atoms with E-state index >= 15 is 0 Å². The van der Waals surface area contributed by atoms with Gasteiger partial charge in [0.05, 0.1) is 0 Å². The molecule has 0 saturated carbocycles. The van der Waals surface area contributed by atoms with Crippen molar-refractivity contribution >= 4 is 43.6 Å². The Morgan fingerprint density at radius 1 is 0.500 bits per heavy atom. The van der Waals surface area contributed by atoms with Gasteiger partial charge in [-0.25, -0.2) is 0 Å². The zero-order chi connectivity index (χ0) is 39.1. The molecular formula is C51H69N5. The van der Waals surface area contributed by atoms with Crippen molar-refractivity contribution in [2.45, 2.75) is 169 Å². The first-order chi connectivity index (χ1) is 27.5. The third-order valence-corrected chi connectivity index (χ3v) is 12.4. The first-order valence-corrected chi connectivity index (χ1v) is 22.6. The Labute approximate surface area is 337 Å². The lowest BCUT2D eigenvalue weighted by Gasteiger charge is -2.22. The maximum absolute atomic E-state index is 8.55. The molecule has 6 rings (SSSR count). The van der Waals surface area contributed by atoms with Crippen molar-refractivity contribution in [1.29, 1.82) is 0 Å². The van der Waals surface area contributed by atoms with E-state index < -0.39 is 0 Å². The van der Waals surface area contributed by atoms with Gasteiger partial charge < -0.3 is 9.13 Å². The summed E-state index contributed by atoms with van der Waals surface area (Å²) >= 11 is 0. The van der Waals surface area contributed by atoms with Crippen LogP contribution in [0.2, 0.25) is 0 Å². The molecule has 5 nitrogen and oxygen atoms in total. The number of hydrogen-bond acceptors (Lipinski definition) is 1. The van der Waals surface area contributed by atoms with E-state index in [1.807, 2.05) is 0 Å². The zero-order valence-electron chi connectivity index (χ0n) is 35.3. The number of hydrogen-bond donors (Lipinski definition) is 0. The third kappa shape index (κ3) is 10.4. The molecule has 0 unspecified atom stereocenters. The lowest BCUT2D eigenvalue weighted by atomic mass is 9.99. The van der Waals surface area contributed by atoms with Gasteiger partial charge in [-0.1, -0.05) is 170 Å². The van der Waals surface area contributed by atoms with Crippen molar-refractivity contribution in [3.8, 4) is 11.1 Å². The monoisotopic (exact) mass is 752 g/mol. The van der Waals surface area contributed by atoms with Gasteiger partial charge in [-0.05, 0) is 91.6 Å². The molecule has 298 valence electrons. The number of benzene rings is 4. The van der Waals surface area contributed by atoms with Crippen LogP contribution in [-0.2, 0) is 6.54 Å². The fraction of sp³-hybridized carbons (Fsp3) is 0.529. The zero-order valence-corrected chi connectivity index (χ0v) is 35.3. The number of aromatic nitrogens is 2. The lowest BCUT2D eigenvalue weighted by Crippen LogP contribution is -2.09. The van der Waals surface area contributed by atoms with Crippen LogP contribution in [0.3, 0.4) is 0 Å². The summed E-state index contributed by atoms with van der Waals surface area (Å²) in [5.74, 6) is 0. The highest BCUT2D eigenvalue weighted by atomic mass is 15.1. The molecular weight excluding hydrogens is 683 g/mol. The van der Waals surface area contributed by atoms with Crippen LogP contribution >= 0.6 is 0 Å². The third-order valence-electron chi connectivity index (χ3n) is 12.4. The number of fused-ring (bicyclic) bond motifs is 6. The summed E-state index contributed by atoms with van der Waals surface area (Å²) in [6.45, 7) is 10.7. The van der Waals surface area contributed by atoms with Crippen LogP contribution in [0.1, 0.15) is 159 Å². The maximum atomic E-state index is 8.55. The SMILES string of the molecule is CCCCCCCCC(CCCCCCCC)n1c2cc(C)ccc2c2ccc(-c3ccc4c5ccc(C)cc5n(CCCCCCCCN=[N+]=[N-])c4c3)cc21. The van der Waals surface area contributed by atoms with Crippen molar-refractivity contribution < 1.29 is 0 Å². The van der Waals surface area contributed by atoms with Gasteiger partial charge in [-0.2, -0.15) is 0 Å². The van der Waals surface area contributed by atoms with Crippen molar-refractivity contribution in [3.05, 3.63) is 94.4 Å². The van der Waals surface area contributed by atoms with E-state index in [1.54, 1.807) is 0 Å². The van der Waals surface area contributed by atoms with Gasteiger partial charge in [0, 0.05) is 67.7 Å². The predicted octanol–water partition coefficient (Wildman–Crippen LogP) is 16.9. The second-order valence-corrected chi connectivity index (χ2v) is 16.9. The number of aryl methyl sites for hydroxylation is 3. The van der Waals surface area contributed by atoms with E-state index in [0.29, 0.717) is 12.6 Å². The second kappa shape index (κ2) is 21.4. The van der Waals surface area contributed by atoms with Crippen LogP contribution < -0.4 is 0 Å². The Kier molecular flexibility index (Phi) is 15.8. The Morgan fingerprint density at radius 2 is 0.929 bits per heavy atom. The summed E-state index contributed by atoms with van der Waals surface area (Å²) in [4.78, 5) is 2.89. The number of azide groups is 1. The molecule has 2 heterocycles. The van der Waals surface area contributed by atoms with Crippen LogP contribution in [0.25, 0.3) is 65.2 Å². The van der Waals surface area contributed by atoms with E-state index in [0.717, 1.165) is 25.8 Å². The largest absolute Gasteiger partial charge is 0.340 e. The van der Waals surface area contributed by atoms with Gasteiger partial charge in [0.1, 0.15) is 0 Å². The Balaban J connectivity index is 1.33. The summed E-state index contributed by atoms with van der Waals surface area (Å²) in [6, 6.07) is 29.2. The van der Waals surface area contributed by atoms with Gasteiger partial charge in [-0.15, -0.1) is 0 Å². The van der Waals surface area contributed by atoms with Crippen molar-refractivity contribution in [1.82, 2.24) is 9.13 Å². The summed E-state index contributed by atoms with van der Waals surface area (Å²) in [5, 5.41) is 9.19. The maximum Gasteiger partial charge on any atom is 0.0500 e. The van der Waals surface area contributed by atoms with Crippen LogP contribution in [0.5, 0.6) is 0 Å². The van der Waals surface area contributed by atoms with Crippen LogP contribution in [0, 0.1) is 13.8 Å². The molecule has 0 aliphatic carbocycles. The molecule has 0 fully saturated rings. The minimum Gasteiger partial charge on any atom is -0.340 e. The minimum absolute atomic E-state index is 0.517. The molecule has 2 aromatic heterocycles. The second-order valence-electron chi connectivity index (χ2n) is 16.9. The molecule has 4 aromatic carbocycles. The number of rotatable bonds is 25. The molecule has 0 aliphatic heterocycles. The average molecular weight is 752 g/mol. The first kappa shape index (κ1) is 41.4. The molecule has 0 N–H and O–H groups in total. The number of unbranched alkanes of at least 4 members (excludes halogenated alkanes) is 15. The van der Waals surface area contributed by atoms with Gasteiger partial charge in [0.2, 0.25) is 0 Å². The quantitative estimate of drug-likeness (QED) is 0.0242. The highest BCUT2D eigenvalue weighted by molar-refractivity contribution is 6.11. The standard InChI is InChI=1S/C51H69N5/c1-5-7-9-11-15-19-23-43(24-20-16-12-10-8-6-2)56-50-36-40(4)26-30-46(50)47-32-28-42(38-51(47)56)41-27-31-45-44-29-25-39(3)35-48(44)55(49(45)37-41)34-22-18-14-13-17-21-33-53-54-52/h25-32,35-38,43H,5-24,33-34H2,1-4H3. The molecule has 0 amide bonds.